The monoisotopic (exact) mass is 501 g/mol. The molecular formula is C26H28ClNO7. The van der Waals surface area contributed by atoms with Gasteiger partial charge in [-0.15, -0.1) is 11.6 Å². The molecule has 9 heteroatoms. The van der Waals surface area contributed by atoms with E-state index in [0.29, 0.717) is 30.7 Å². The molecule has 1 saturated carbocycles. The number of carbonyl (C=O) groups is 3. The largest absolute Gasteiger partial charge is 0.497 e. The molecule has 186 valence electrons. The van der Waals surface area contributed by atoms with Gasteiger partial charge in [0.1, 0.15) is 11.2 Å². The minimum absolute atomic E-state index is 0.00650. The van der Waals surface area contributed by atoms with Crippen LogP contribution in [0, 0.1) is 10.8 Å². The number of hydrogen-bond donors (Lipinski definition) is 0. The number of benzene rings is 1. The topological polar surface area (TPSA) is 91.4 Å². The summed E-state index contributed by atoms with van der Waals surface area (Å²) < 4.78 is 23.0. The van der Waals surface area contributed by atoms with E-state index in [-0.39, 0.29) is 29.5 Å². The number of ether oxygens (including phenoxy) is 4. The summed E-state index contributed by atoms with van der Waals surface area (Å²) >= 11 is 7.15. The van der Waals surface area contributed by atoms with E-state index < -0.39 is 33.8 Å². The molecule has 8 nitrogen and oxygen atoms in total. The Morgan fingerprint density at radius 1 is 1.09 bits per heavy atom. The number of rotatable bonds is 5. The van der Waals surface area contributed by atoms with Crippen molar-refractivity contribution in [3.8, 4) is 0 Å². The molecule has 5 rings (SSSR count). The van der Waals surface area contributed by atoms with Crippen molar-refractivity contribution in [2.24, 2.45) is 10.8 Å². The smallest absolute Gasteiger partial charge is 0.338 e. The molecule has 3 aliphatic carbocycles. The molecule has 1 saturated heterocycles. The van der Waals surface area contributed by atoms with Gasteiger partial charge in [0.15, 0.2) is 17.6 Å². The van der Waals surface area contributed by atoms with Crippen molar-refractivity contribution in [2.75, 3.05) is 34.9 Å². The first-order valence-corrected chi connectivity index (χ1v) is 12.0. The first-order valence-electron chi connectivity index (χ1n) is 11.5. The van der Waals surface area contributed by atoms with Crippen LogP contribution in [0.1, 0.15) is 29.6 Å². The Kier molecular flexibility index (Phi) is 5.53. The fraction of sp³-hybridized carbons (Fsp3) is 0.500. The lowest BCUT2D eigenvalue weighted by molar-refractivity contribution is -0.149. The summed E-state index contributed by atoms with van der Waals surface area (Å²) in [6.07, 6.45) is 1.07. The fourth-order valence-corrected chi connectivity index (χ4v) is 7.95. The number of alkyl halides is 1. The van der Waals surface area contributed by atoms with E-state index in [1.54, 1.807) is 30.3 Å². The zero-order valence-corrected chi connectivity index (χ0v) is 20.9. The first-order chi connectivity index (χ1) is 16.7. The van der Waals surface area contributed by atoms with E-state index in [0.717, 1.165) is 0 Å². The van der Waals surface area contributed by atoms with Crippen molar-refractivity contribution in [3.05, 3.63) is 59.2 Å². The Bertz CT molecular complexity index is 1160. The molecule has 5 atom stereocenters. The SMILES string of the molecule is COC1=CC(=O)[C@@]2([C@@H]1OC(=O)c1ccccc1)[C@@H](Cl)C[C@@]13C(OC)=C(OC)C(=O)C[C@@]21CCN3C. The summed E-state index contributed by atoms with van der Waals surface area (Å²) in [5.74, 6) is -0.447. The predicted octanol–water partition coefficient (Wildman–Crippen LogP) is 2.86. The zero-order valence-electron chi connectivity index (χ0n) is 20.1. The maximum absolute atomic E-state index is 14.0. The summed E-state index contributed by atoms with van der Waals surface area (Å²) in [5, 5.41) is -0.774. The van der Waals surface area contributed by atoms with E-state index in [2.05, 4.69) is 4.90 Å². The van der Waals surface area contributed by atoms with Gasteiger partial charge in [-0.3, -0.25) is 14.5 Å². The number of hydrogen-bond acceptors (Lipinski definition) is 8. The highest BCUT2D eigenvalue weighted by Crippen LogP contribution is 2.75. The van der Waals surface area contributed by atoms with E-state index in [4.69, 9.17) is 30.5 Å². The van der Waals surface area contributed by atoms with E-state index in [1.165, 1.54) is 27.4 Å². The van der Waals surface area contributed by atoms with E-state index in [9.17, 15) is 14.4 Å². The van der Waals surface area contributed by atoms with Crippen LogP contribution in [0.25, 0.3) is 0 Å². The normalized spacial score (nSPS) is 36.2. The Balaban J connectivity index is 1.72. The average Bonchev–Trinajstić information content (AvgIpc) is 3.39. The van der Waals surface area contributed by atoms with Gasteiger partial charge in [0.2, 0.25) is 11.5 Å². The van der Waals surface area contributed by atoms with Gasteiger partial charge >= 0.3 is 5.97 Å². The highest BCUT2D eigenvalue weighted by Gasteiger charge is 2.84. The first kappa shape index (κ1) is 23.9. The molecule has 0 unspecified atom stereocenters. The zero-order chi connectivity index (χ0) is 25.2. The molecule has 1 aromatic rings. The van der Waals surface area contributed by atoms with Crippen LogP contribution < -0.4 is 0 Å². The van der Waals surface area contributed by atoms with Crippen LogP contribution >= 0.6 is 11.6 Å². The second-order valence-corrected chi connectivity index (χ2v) is 10.1. The molecule has 0 amide bonds. The molecule has 0 aromatic heterocycles. The quantitative estimate of drug-likeness (QED) is 0.449. The van der Waals surface area contributed by atoms with E-state index in [1.807, 2.05) is 7.05 Å². The molecule has 0 N–H and O–H groups in total. The van der Waals surface area contributed by atoms with Gasteiger partial charge in [0.25, 0.3) is 0 Å². The van der Waals surface area contributed by atoms with Gasteiger partial charge in [0.05, 0.1) is 37.8 Å². The Morgan fingerprint density at radius 3 is 2.43 bits per heavy atom. The van der Waals surface area contributed by atoms with Crippen LogP contribution in [0.4, 0.5) is 0 Å². The van der Waals surface area contributed by atoms with Crippen LogP contribution in [-0.2, 0) is 28.5 Å². The van der Waals surface area contributed by atoms with Crippen LogP contribution in [0.5, 0.6) is 0 Å². The summed E-state index contributed by atoms with van der Waals surface area (Å²) in [6.45, 7) is 0.595. The molecule has 1 aliphatic heterocycles. The van der Waals surface area contributed by atoms with Crippen molar-refractivity contribution in [2.45, 2.75) is 36.3 Å². The number of methoxy groups -OCH3 is 3. The van der Waals surface area contributed by atoms with Crippen molar-refractivity contribution >= 4 is 29.1 Å². The van der Waals surface area contributed by atoms with Crippen LogP contribution in [-0.4, -0.2) is 74.4 Å². The predicted molar refractivity (Wildman–Crippen MR) is 126 cm³/mol. The third-order valence-corrected chi connectivity index (χ3v) is 9.11. The summed E-state index contributed by atoms with van der Waals surface area (Å²) in [5.41, 5.74) is -2.97. The number of likely N-dealkylation sites (tertiary alicyclic amines) is 1. The number of nitrogens with zero attached hydrogens (tertiary/aromatic N) is 1. The van der Waals surface area contributed by atoms with Gasteiger partial charge in [-0.25, -0.2) is 4.79 Å². The van der Waals surface area contributed by atoms with Gasteiger partial charge in [-0.2, -0.15) is 0 Å². The molecular weight excluding hydrogens is 474 g/mol. The van der Waals surface area contributed by atoms with Gasteiger partial charge < -0.3 is 18.9 Å². The Morgan fingerprint density at radius 2 is 1.80 bits per heavy atom. The lowest BCUT2D eigenvalue weighted by atomic mass is 9.52. The second-order valence-electron chi connectivity index (χ2n) is 9.59. The highest BCUT2D eigenvalue weighted by molar-refractivity contribution is 6.25. The van der Waals surface area contributed by atoms with Crippen LogP contribution in [0.3, 0.4) is 0 Å². The standard InChI is InChI=1S/C26H28ClNO7/c1-28-11-10-24-13-16(29)20(33-3)22(34-4)25(24,28)14-18(27)26(24)19(30)12-17(32-2)21(26)35-23(31)15-8-6-5-7-9-15/h5-9,12,18,21H,10-11,13-14H2,1-4H3/t18-,21+,24+,25+,26+/m0/s1. The van der Waals surface area contributed by atoms with Crippen LogP contribution in [0.15, 0.2) is 53.7 Å². The summed E-state index contributed by atoms with van der Waals surface area (Å²) in [7, 11) is 6.29. The van der Waals surface area contributed by atoms with Crippen molar-refractivity contribution in [1.29, 1.82) is 0 Å². The third kappa shape index (κ3) is 2.69. The number of likely N-dealkylation sites (N-methyl/N-ethyl adjacent to an activating group) is 1. The summed E-state index contributed by atoms with van der Waals surface area (Å²) in [6, 6.07) is 8.54. The molecule has 0 bridgehead atoms. The lowest BCUT2D eigenvalue weighted by Gasteiger charge is -2.53. The second kappa shape index (κ2) is 8.10. The van der Waals surface area contributed by atoms with Crippen molar-refractivity contribution < 1.29 is 33.3 Å². The van der Waals surface area contributed by atoms with Gasteiger partial charge in [-0.05, 0) is 38.6 Å². The number of Topliss-reactive ketones (excluding diaryl/α,β-unsaturated/α-hetero) is 1. The molecule has 4 aliphatic rings. The number of halogens is 1. The Labute approximate surface area is 208 Å². The molecule has 1 aromatic carbocycles. The number of allylic oxidation sites excluding steroid dienone is 2. The average molecular weight is 502 g/mol. The van der Waals surface area contributed by atoms with E-state index >= 15 is 0 Å². The molecule has 2 fully saturated rings. The maximum Gasteiger partial charge on any atom is 0.338 e. The van der Waals surface area contributed by atoms with Crippen molar-refractivity contribution in [1.82, 2.24) is 4.90 Å². The number of carbonyl (C=O) groups excluding carboxylic acids is 3. The Hall–Kier alpha value is -2.84. The molecule has 1 spiro atoms. The molecule has 35 heavy (non-hydrogen) atoms. The maximum atomic E-state index is 14.0. The summed E-state index contributed by atoms with van der Waals surface area (Å²) in [4.78, 5) is 42.8. The minimum atomic E-state index is -1.42. The fourth-order valence-electron chi connectivity index (χ4n) is 7.29. The molecule has 0 radical (unpaired) electrons. The minimum Gasteiger partial charge on any atom is -0.497 e. The number of ketones is 2. The third-order valence-electron chi connectivity index (χ3n) is 8.61. The van der Waals surface area contributed by atoms with Crippen molar-refractivity contribution in [3.63, 3.8) is 0 Å². The van der Waals surface area contributed by atoms with Gasteiger partial charge in [0, 0.05) is 17.9 Å². The van der Waals surface area contributed by atoms with Gasteiger partial charge in [-0.1, -0.05) is 18.2 Å². The van der Waals surface area contributed by atoms with Crippen LogP contribution in [0.2, 0.25) is 0 Å². The number of esters is 1. The highest BCUT2D eigenvalue weighted by atomic mass is 35.5. The lowest BCUT2D eigenvalue weighted by Crippen LogP contribution is -2.63. The molecule has 1 heterocycles.